The summed E-state index contributed by atoms with van der Waals surface area (Å²) in [5, 5.41) is 10.2. The van der Waals surface area contributed by atoms with Gasteiger partial charge in [-0.1, -0.05) is 29.0 Å². The highest BCUT2D eigenvalue weighted by Crippen LogP contribution is 2.40. The fourth-order valence-electron chi connectivity index (χ4n) is 2.78. The summed E-state index contributed by atoms with van der Waals surface area (Å²) >= 11 is 6.08. The van der Waals surface area contributed by atoms with Crippen LogP contribution < -0.4 is 4.31 Å². The number of hydrogen-bond acceptors (Lipinski definition) is 8. The third kappa shape index (κ3) is 5.78. The molecule has 0 amide bonds. The number of sulfonamides is 1. The summed E-state index contributed by atoms with van der Waals surface area (Å²) < 4.78 is 73.5. The van der Waals surface area contributed by atoms with Gasteiger partial charge in [-0.3, -0.25) is 14.9 Å². The summed E-state index contributed by atoms with van der Waals surface area (Å²) in [6, 6.07) is 9.00. The lowest BCUT2D eigenvalue weighted by Gasteiger charge is -2.21. The number of rotatable bonds is 9. The fourth-order valence-corrected chi connectivity index (χ4v) is 5.63. The Balaban J connectivity index is 2.13. The van der Waals surface area contributed by atoms with Gasteiger partial charge in [0.25, 0.3) is 15.7 Å². The average molecular weight is 550 g/mol. The van der Waals surface area contributed by atoms with Crippen LogP contribution in [0.1, 0.15) is 27.9 Å². The van der Waals surface area contributed by atoms with Crippen molar-refractivity contribution in [1.29, 1.82) is 0 Å². The number of alkyl halides is 3. The lowest BCUT2D eigenvalue weighted by molar-refractivity contribution is -0.384. The first kappa shape index (κ1) is 26.5. The van der Waals surface area contributed by atoms with Gasteiger partial charge < -0.3 is 4.74 Å². The maximum absolute atomic E-state index is 13.8. The van der Waals surface area contributed by atoms with E-state index in [1.165, 1.54) is 18.2 Å². The number of nitro groups is 1. The molecule has 0 aliphatic heterocycles. The quantitative estimate of drug-likeness (QED) is 0.157. The minimum Gasteiger partial charge on any atom is -0.360 e. The van der Waals surface area contributed by atoms with Gasteiger partial charge in [0, 0.05) is 29.3 Å². The Labute approximate surface area is 205 Å². The molecule has 0 aliphatic rings. The van der Waals surface area contributed by atoms with E-state index in [1.807, 2.05) is 0 Å². The van der Waals surface area contributed by atoms with Crippen molar-refractivity contribution >= 4 is 49.6 Å². The van der Waals surface area contributed by atoms with Gasteiger partial charge in [-0.05, 0) is 37.3 Å². The van der Waals surface area contributed by atoms with Crippen LogP contribution in [0.5, 0.6) is 0 Å². The van der Waals surface area contributed by atoms with Crippen molar-refractivity contribution in [3.63, 3.8) is 0 Å². The van der Waals surface area contributed by atoms with Gasteiger partial charge in [0.15, 0.2) is 5.69 Å². The summed E-state index contributed by atoms with van der Waals surface area (Å²) in [5.41, 5.74) is -2.23. The lowest BCUT2D eigenvalue weighted by atomic mass is 10.1. The first-order valence-corrected chi connectivity index (χ1v) is 12.2. The standard InChI is InChI=1S/C20H15ClF3N3O6S2/c1-2-33-11-26(35(31,32)15-5-3-4-13(21)10-15)19-25-18(20(22,23)24)17(34-19)16(28)12-6-8-14(9-7-12)27(29)30/h3-10H,2,11H2,1H3. The fraction of sp³-hybridized carbons (Fsp3) is 0.200. The van der Waals surface area contributed by atoms with E-state index in [0.29, 0.717) is 4.31 Å². The first-order valence-electron chi connectivity index (χ1n) is 9.59. The van der Waals surface area contributed by atoms with Gasteiger partial charge in [-0.15, -0.1) is 0 Å². The summed E-state index contributed by atoms with van der Waals surface area (Å²) in [7, 11) is -4.49. The minimum absolute atomic E-state index is 0.0354. The van der Waals surface area contributed by atoms with E-state index in [1.54, 1.807) is 6.92 Å². The molecular weight excluding hydrogens is 535 g/mol. The zero-order valence-corrected chi connectivity index (χ0v) is 20.0. The second-order valence-corrected chi connectivity index (χ2v) is 10.0. The van der Waals surface area contributed by atoms with Gasteiger partial charge in [0.1, 0.15) is 11.6 Å². The van der Waals surface area contributed by atoms with E-state index in [2.05, 4.69) is 4.98 Å². The number of non-ortho nitro benzene ring substituents is 1. The molecule has 186 valence electrons. The Hall–Kier alpha value is -3.07. The Morgan fingerprint density at radius 1 is 1.23 bits per heavy atom. The van der Waals surface area contributed by atoms with E-state index in [9.17, 15) is 36.5 Å². The van der Waals surface area contributed by atoms with Crippen LogP contribution in [0, 0.1) is 10.1 Å². The summed E-state index contributed by atoms with van der Waals surface area (Å²) in [4.78, 5) is 25.2. The molecule has 2 aromatic carbocycles. The van der Waals surface area contributed by atoms with Crippen molar-refractivity contribution < 1.29 is 36.0 Å². The number of thiazole rings is 1. The van der Waals surface area contributed by atoms with Crippen LogP contribution in [0.3, 0.4) is 0 Å². The molecule has 0 bridgehead atoms. The maximum Gasteiger partial charge on any atom is 0.435 e. The zero-order valence-electron chi connectivity index (χ0n) is 17.7. The number of aromatic nitrogens is 1. The van der Waals surface area contributed by atoms with Gasteiger partial charge >= 0.3 is 6.18 Å². The first-order chi connectivity index (χ1) is 16.4. The summed E-state index contributed by atoms with van der Waals surface area (Å²) in [5.74, 6) is -1.13. The largest absolute Gasteiger partial charge is 0.435 e. The van der Waals surface area contributed by atoms with Crippen molar-refractivity contribution in [2.45, 2.75) is 18.0 Å². The number of nitro benzene ring substituents is 1. The van der Waals surface area contributed by atoms with E-state index in [4.69, 9.17) is 16.3 Å². The van der Waals surface area contributed by atoms with Crippen LogP contribution >= 0.6 is 22.9 Å². The monoisotopic (exact) mass is 549 g/mol. The predicted molar refractivity (Wildman–Crippen MR) is 121 cm³/mol. The number of benzene rings is 2. The summed E-state index contributed by atoms with van der Waals surface area (Å²) in [6.07, 6.45) is -5.10. The van der Waals surface area contributed by atoms with Crippen LogP contribution in [0.4, 0.5) is 24.0 Å². The number of halogens is 4. The number of carbonyl (C=O) groups excluding carboxylic acids is 1. The third-order valence-corrected chi connectivity index (χ3v) is 7.58. The molecule has 0 atom stereocenters. The molecule has 9 nitrogen and oxygen atoms in total. The predicted octanol–water partition coefficient (Wildman–Crippen LogP) is 5.14. The number of ketones is 1. The van der Waals surface area contributed by atoms with Crippen molar-refractivity contribution in [3.05, 3.63) is 79.8 Å². The highest BCUT2D eigenvalue weighted by molar-refractivity contribution is 7.93. The molecule has 0 fully saturated rings. The normalized spacial score (nSPS) is 11.9. The van der Waals surface area contributed by atoms with Gasteiger partial charge in [-0.25, -0.2) is 17.7 Å². The lowest BCUT2D eigenvalue weighted by Crippen LogP contribution is -2.33. The number of nitrogens with zero attached hydrogens (tertiary/aromatic N) is 3. The van der Waals surface area contributed by atoms with Crippen LogP contribution in [-0.2, 0) is 20.9 Å². The van der Waals surface area contributed by atoms with Crippen molar-refractivity contribution in [1.82, 2.24) is 4.98 Å². The molecule has 35 heavy (non-hydrogen) atoms. The van der Waals surface area contributed by atoms with Gasteiger partial charge in [-0.2, -0.15) is 13.2 Å². The van der Waals surface area contributed by atoms with Gasteiger partial charge in [0.05, 0.1) is 9.82 Å². The molecule has 3 aromatic rings. The van der Waals surface area contributed by atoms with E-state index in [0.717, 1.165) is 30.3 Å². The summed E-state index contributed by atoms with van der Waals surface area (Å²) in [6.45, 7) is 0.908. The Kier molecular flexibility index (Phi) is 7.79. The highest BCUT2D eigenvalue weighted by atomic mass is 35.5. The van der Waals surface area contributed by atoms with E-state index >= 15 is 0 Å². The SMILES string of the molecule is CCOCN(c1nc(C(F)(F)F)c(C(=O)c2ccc([N+](=O)[O-])cc2)s1)S(=O)(=O)c1cccc(Cl)c1. The Bertz CT molecular complexity index is 1360. The zero-order chi connectivity index (χ0) is 26.0. The van der Waals surface area contributed by atoms with E-state index in [-0.39, 0.29) is 39.1 Å². The molecule has 0 unspecified atom stereocenters. The van der Waals surface area contributed by atoms with Crippen LogP contribution in [0.25, 0.3) is 0 Å². The highest BCUT2D eigenvalue weighted by Gasteiger charge is 2.42. The molecule has 0 N–H and O–H groups in total. The van der Waals surface area contributed by atoms with Crippen LogP contribution in [-0.4, -0.2) is 37.4 Å². The number of anilines is 1. The Morgan fingerprint density at radius 3 is 2.43 bits per heavy atom. The molecule has 0 radical (unpaired) electrons. The smallest absolute Gasteiger partial charge is 0.360 e. The maximum atomic E-state index is 13.8. The molecule has 0 spiro atoms. The molecule has 1 heterocycles. The molecule has 0 aliphatic carbocycles. The van der Waals surface area contributed by atoms with Crippen molar-refractivity contribution in [2.75, 3.05) is 17.6 Å². The number of ether oxygens (including phenoxy) is 1. The molecule has 0 saturated carbocycles. The number of hydrogen-bond donors (Lipinski definition) is 0. The molecule has 3 rings (SSSR count). The van der Waals surface area contributed by atoms with Crippen molar-refractivity contribution in [2.24, 2.45) is 0 Å². The second kappa shape index (κ2) is 10.3. The van der Waals surface area contributed by atoms with E-state index < -0.39 is 49.3 Å². The van der Waals surface area contributed by atoms with Crippen LogP contribution in [0.15, 0.2) is 53.4 Å². The van der Waals surface area contributed by atoms with Gasteiger partial charge in [0.2, 0.25) is 10.9 Å². The molecule has 0 saturated heterocycles. The Morgan fingerprint density at radius 2 is 1.89 bits per heavy atom. The molecule has 15 heteroatoms. The average Bonchev–Trinajstić information content (AvgIpc) is 3.24. The van der Waals surface area contributed by atoms with Crippen LogP contribution in [0.2, 0.25) is 5.02 Å². The second-order valence-electron chi connectivity index (χ2n) is 6.74. The number of carbonyl (C=O) groups is 1. The third-order valence-electron chi connectivity index (χ3n) is 4.44. The topological polar surface area (TPSA) is 120 Å². The molecular formula is C20H15ClF3N3O6S2. The molecule has 1 aromatic heterocycles. The van der Waals surface area contributed by atoms with Crippen molar-refractivity contribution in [3.8, 4) is 0 Å². The minimum atomic E-state index is -5.10.